The van der Waals surface area contributed by atoms with Gasteiger partial charge < -0.3 is 4.84 Å². The van der Waals surface area contributed by atoms with Crippen LogP contribution < -0.4 is 11.2 Å². The first kappa shape index (κ1) is 15.7. The van der Waals surface area contributed by atoms with E-state index in [-0.39, 0.29) is 12.1 Å². The Kier molecular flexibility index (Phi) is 4.24. The molecule has 0 radical (unpaired) electrons. The predicted octanol–water partition coefficient (Wildman–Crippen LogP) is 1.12. The van der Waals surface area contributed by atoms with Gasteiger partial charge in [-0.1, -0.05) is 35.5 Å². The lowest BCUT2D eigenvalue weighted by atomic mass is 10.2. The van der Waals surface area contributed by atoms with Gasteiger partial charge in [-0.25, -0.2) is 9.78 Å². The van der Waals surface area contributed by atoms with Crippen LogP contribution in [0.15, 0.2) is 57.3 Å². The summed E-state index contributed by atoms with van der Waals surface area (Å²) in [6, 6.07) is 11.0. The number of pyridine rings is 1. The second kappa shape index (κ2) is 6.49. The van der Waals surface area contributed by atoms with Gasteiger partial charge in [0.1, 0.15) is 12.8 Å². The van der Waals surface area contributed by atoms with Crippen molar-refractivity contribution in [2.24, 2.45) is 12.2 Å². The molecule has 0 saturated heterocycles. The highest BCUT2D eigenvalue weighted by atomic mass is 16.6. The number of aromatic nitrogens is 3. The van der Waals surface area contributed by atoms with E-state index in [1.54, 1.807) is 13.1 Å². The van der Waals surface area contributed by atoms with Crippen LogP contribution in [-0.2, 0) is 18.4 Å². The molecule has 3 rings (SSSR count). The van der Waals surface area contributed by atoms with Crippen LogP contribution in [0.5, 0.6) is 0 Å². The SMILES string of the molecule is CO/N=C\c1cnc2c(c1)c(=O)n(Cc1ccccc1)c(=O)n2C. The topological polar surface area (TPSA) is 78.5 Å². The summed E-state index contributed by atoms with van der Waals surface area (Å²) in [4.78, 5) is 34.1. The van der Waals surface area contributed by atoms with E-state index in [4.69, 9.17) is 0 Å². The molecule has 24 heavy (non-hydrogen) atoms. The van der Waals surface area contributed by atoms with Gasteiger partial charge in [-0.15, -0.1) is 0 Å². The zero-order chi connectivity index (χ0) is 17.1. The Morgan fingerprint density at radius 2 is 2.00 bits per heavy atom. The number of oxime groups is 1. The molecule has 2 heterocycles. The van der Waals surface area contributed by atoms with Crippen LogP contribution in [0.1, 0.15) is 11.1 Å². The average Bonchev–Trinajstić information content (AvgIpc) is 2.62. The molecule has 0 unspecified atom stereocenters. The first-order chi connectivity index (χ1) is 11.6. The quantitative estimate of drug-likeness (QED) is 0.532. The normalized spacial score (nSPS) is 11.2. The highest BCUT2D eigenvalue weighted by Crippen LogP contribution is 2.07. The molecular formula is C17H16N4O3. The van der Waals surface area contributed by atoms with Crippen LogP contribution in [0, 0.1) is 0 Å². The molecule has 0 atom stereocenters. The molecule has 2 aromatic heterocycles. The number of fused-ring (bicyclic) bond motifs is 1. The third-order valence-electron chi connectivity index (χ3n) is 3.69. The first-order valence-corrected chi connectivity index (χ1v) is 7.32. The lowest BCUT2D eigenvalue weighted by Crippen LogP contribution is -2.39. The van der Waals surface area contributed by atoms with E-state index in [0.29, 0.717) is 16.6 Å². The van der Waals surface area contributed by atoms with Gasteiger partial charge in [0.25, 0.3) is 5.56 Å². The van der Waals surface area contributed by atoms with Crippen LogP contribution in [0.3, 0.4) is 0 Å². The standard InChI is InChI=1S/C17H16N4O3/c1-20-15-14(8-13(9-18-15)10-19-24-2)16(22)21(17(20)23)11-12-6-4-3-5-7-12/h3-10H,11H2,1-2H3/b19-10-. The second-order valence-corrected chi connectivity index (χ2v) is 5.28. The molecule has 0 saturated carbocycles. The van der Waals surface area contributed by atoms with Crippen molar-refractivity contribution in [1.29, 1.82) is 0 Å². The second-order valence-electron chi connectivity index (χ2n) is 5.28. The monoisotopic (exact) mass is 324 g/mol. The van der Waals surface area contributed by atoms with Crippen LogP contribution in [0.2, 0.25) is 0 Å². The maximum Gasteiger partial charge on any atom is 0.332 e. The molecule has 0 fully saturated rings. The number of nitrogens with zero attached hydrogens (tertiary/aromatic N) is 4. The Balaban J connectivity index is 2.21. The fraction of sp³-hybridized carbons (Fsp3) is 0.176. The zero-order valence-electron chi connectivity index (χ0n) is 13.3. The first-order valence-electron chi connectivity index (χ1n) is 7.32. The van der Waals surface area contributed by atoms with E-state index in [2.05, 4.69) is 15.0 Å². The highest BCUT2D eigenvalue weighted by molar-refractivity contribution is 5.85. The Labute approximate surface area is 137 Å². The van der Waals surface area contributed by atoms with Gasteiger partial charge in [0, 0.05) is 18.8 Å². The number of benzene rings is 1. The lowest BCUT2D eigenvalue weighted by Gasteiger charge is -2.10. The molecule has 1 aromatic carbocycles. The van der Waals surface area contributed by atoms with E-state index >= 15 is 0 Å². The minimum Gasteiger partial charge on any atom is -0.399 e. The molecule has 0 spiro atoms. The smallest absolute Gasteiger partial charge is 0.332 e. The summed E-state index contributed by atoms with van der Waals surface area (Å²) in [7, 11) is 3.03. The molecular weight excluding hydrogens is 308 g/mol. The van der Waals surface area contributed by atoms with Crippen LogP contribution in [-0.4, -0.2) is 27.4 Å². The Morgan fingerprint density at radius 1 is 1.25 bits per heavy atom. The molecule has 0 aliphatic rings. The van der Waals surface area contributed by atoms with Gasteiger partial charge in [-0.05, 0) is 11.6 Å². The predicted molar refractivity (Wildman–Crippen MR) is 91.4 cm³/mol. The molecule has 7 heteroatoms. The molecule has 122 valence electrons. The number of rotatable bonds is 4. The van der Waals surface area contributed by atoms with Crippen molar-refractivity contribution in [1.82, 2.24) is 14.1 Å². The average molecular weight is 324 g/mol. The minimum atomic E-state index is -0.401. The maximum absolute atomic E-state index is 12.8. The van der Waals surface area contributed by atoms with E-state index in [1.807, 2.05) is 30.3 Å². The summed E-state index contributed by atoms with van der Waals surface area (Å²) in [5.41, 5.74) is 1.05. The number of aryl methyl sites for hydroxylation is 1. The Hall–Kier alpha value is -3.22. The number of hydrogen-bond donors (Lipinski definition) is 0. The summed E-state index contributed by atoms with van der Waals surface area (Å²) in [5.74, 6) is 0. The van der Waals surface area contributed by atoms with Gasteiger partial charge in [-0.2, -0.15) is 0 Å². The maximum atomic E-state index is 12.8. The van der Waals surface area contributed by atoms with Crippen LogP contribution >= 0.6 is 0 Å². The van der Waals surface area contributed by atoms with Crippen molar-refractivity contribution < 1.29 is 4.84 Å². The summed E-state index contributed by atoms with van der Waals surface area (Å²) in [5, 5.41) is 4.02. The van der Waals surface area contributed by atoms with E-state index < -0.39 is 5.69 Å². The third-order valence-corrected chi connectivity index (χ3v) is 3.69. The van der Waals surface area contributed by atoms with Gasteiger partial charge in [-0.3, -0.25) is 13.9 Å². The van der Waals surface area contributed by atoms with E-state index in [1.165, 1.54) is 28.7 Å². The summed E-state index contributed by atoms with van der Waals surface area (Å²) < 4.78 is 2.58. The fourth-order valence-corrected chi connectivity index (χ4v) is 2.49. The molecule has 7 nitrogen and oxygen atoms in total. The van der Waals surface area contributed by atoms with Gasteiger partial charge in [0.05, 0.1) is 18.1 Å². The third kappa shape index (κ3) is 2.83. The van der Waals surface area contributed by atoms with Crippen molar-refractivity contribution in [3.63, 3.8) is 0 Å². The van der Waals surface area contributed by atoms with Crippen LogP contribution in [0.25, 0.3) is 11.0 Å². The molecule has 3 aromatic rings. The summed E-state index contributed by atoms with van der Waals surface area (Å²) in [6.45, 7) is 0.207. The van der Waals surface area contributed by atoms with Crippen molar-refractivity contribution in [2.45, 2.75) is 6.54 Å². The zero-order valence-corrected chi connectivity index (χ0v) is 13.3. The van der Waals surface area contributed by atoms with E-state index in [0.717, 1.165) is 5.56 Å². The fourth-order valence-electron chi connectivity index (χ4n) is 2.49. The highest BCUT2D eigenvalue weighted by Gasteiger charge is 2.12. The summed E-state index contributed by atoms with van der Waals surface area (Å²) >= 11 is 0. The minimum absolute atomic E-state index is 0.207. The number of hydrogen-bond acceptors (Lipinski definition) is 5. The van der Waals surface area contributed by atoms with Crippen molar-refractivity contribution in [3.05, 3.63) is 74.6 Å². The molecule has 0 aliphatic carbocycles. The Morgan fingerprint density at radius 3 is 2.71 bits per heavy atom. The van der Waals surface area contributed by atoms with Crippen LogP contribution in [0.4, 0.5) is 0 Å². The van der Waals surface area contributed by atoms with Gasteiger partial charge in [0.15, 0.2) is 0 Å². The van der Waals surface area contributed by atoms with E-state index in [9.17, 15) is 9.59 Å². The van der Waals surface area contributed by atoms with Crippen molar-refractivity contribution >= 4 is 17.2 Å². The summed E-state index contributed by atoms with van der Waals surface area (Å²) in [6.07, 6.45) is 2.99. The Bertz CT molecular complexity index is 1020. The molecule has 0 aliphatic heterocycles. The lowest BCUT2D eigenvalue weighted by molar-refractivity contribution is 0.215. The molecule has 0 bridgehead atoms. The van der Waals surface area contributed by atoms with Gasteiger partial charge >= 0.3 is 5.69 Å². The van der Waals surface area contributed by atoms with Crippen molar-refractivity contribution in [2.75, 3.05) is 7.11 Å². The molecule has 0 amide bonds. The van der Waals surface area contributed by atoms with Gasteiger partial charge in [0.2, 0.25) is 0 Å². The molecule has 0 N–H and O–H groups in total. The largest absolute Gasteiger partial charge is 0.399 e. The van der Waals surface area contributed by atoms with Crippen molar-refractivity contribution in [3.8, 4) is 0 Å².